The number of aryl methyl sites for hydroxylation is 1. The summed E-state index contributed by atoms with van der Waals surface area (Å²) >= 11 is 11.8. The van der Waals surface area contributed by atoms with Crippen LogP contribution in [-0.2, 0) is 4.79 Å². The van der Waals surface area contributed by atoms with Crippen molar-refractivity contribution in [2.75, 3.05) is 0 Å². The summed E-state index contributed by atoms with van der Waals surface area (Å²) in [5.74, 6) is 0.444. The zero-order chi connectivity index (χ0) is 11.6. The predicted molar refractivity (Wildman–Crippen MR) is 62.0 cm³/mol. The van der Waals surface area contributed by atoms with E-state index in [1.54, 1.807) is 19.1 Å². The van der Waals surface area contributed by atoms with Crippen molar-refractivity contribution in [1.29, 1.82) is 0 Å². The zero-order valence-corrected chi connectivity index (χ0v) is 10.3. The van der Waals surface area contributed by atoms with E-state index in [2.05, 4.69) is 0 Å². The molecule has 0 aliphatic carbocycles. The number of carbonyl (C=O) groups excluding carboxylic acids is 1. The van der Waals surface area contributed by atoms with E-state index in [1.807, 2.05) is 6.92 Å². The fraction of sp³-hybridized carbons (Fsp3) is 0.364. The minimum absolute atomic E-state index is 0.0429. The average Bonchev–Trinajstić information content (AvgIpc) is 2.13. The maximum Gasteiger partial charge on any atom is 0.169 e. The van der Waals surface area contributed by atoms with Gasteiger partial charge >= 0.3 is 0 Å². The van der Waals surface area contributed by atoms with E-state index in [0.717, 1.165) is 5.56 Å². The van der Waals surface area contributed by atoms with Gasteiger partial charge in [0.15, 0.2) is 11.9 Å². The lowest BCUT2D eigenvalue weighted by Gasteiger charge is -2.14. The van der Waals surface area contributed by atoms with Gasteiger partial charge in [0.25, 0.3) is 0 Å². The Morgan fingerprint density at radius 2 is 1.93 bits per heavy atom. The molecule has 1 atom stereocenters. The van der Waals surface area contributed by atoms with Crippen molar-refractivity contribution in [3.63, 3.8) is 0 Å². The maximum absolute atomic E-state index is 11.0. The molecule has 4 heteroatoms. The quantitative estimate of drug-likeness (QED) is 0.814. The number of benzene rings is 1. The number of carbonyl (C=O) groups is 1. The van der Waals surface area contributed by atoms with Crippen LogP contribution in [0.5, 0.6) is 5.75 Å². The van der Waals surface area contributed by atoms with Gasteiger partial charge in [0, 0.05) is 5.02 Å². The van der Waals surface area contributed by atoms with Crippen molar-refractivity contribution in [1.82, 2.24) is 0 Å². The highest BCUT2D eigenvalue weighted by Crippen LogP contribution is 2.31. The summed E-state index contributed by atoms with van der Waals surface area (Å²) in [5, 5.41) is 1.00. The molecular weight excluding hydrogens is 235 g/mol. The molecule has 0 fully saturated rings. The Balaban J connectivity index is 2.95. The van der Waals surface area contributed by atoms with Crippen molar-refractivity contribution in [2.24, 2.45) is 0 Å². The number of ether oxygens (including phenoxy) is 1. The number of hydrogen-bond donors (Lipinski definition) is 0. The van der Waals surface area contributed by atoms with Crippen molar-refractivity contribution in [2.45, 2.75) is 26.9 Å². The molecule has 82 valence electrons. The van der Waals surface area contributed by atoms with Crippen LogP contribution < -0.4 is 4.74 Å². The average molecular weight is 247 g/mol. The highest BCUT2D eigenvalue weighted by atomic mass is 35.5. The van der Waals surface area contributed by atoms with Crippen LogP contribution >= 0.6 is 23.2 Å². The molecule has 0 amide bonds. The summed E-state index contributed by atoms with van der Waals surface area (Å²) in [4.78, 5) is 11.0. The number of Topliss-reactive ketones (excluding diaryl/α,β-unsaturated/α-hetero) is 1. The van der Waals surface area contributed by atoms with Crippen molar-refractivity contribution < 1.29 is 9.53 Å². The molecule has 2 nitrogen and oxygen atoms in total. The largest absolute Gasteiger partial charge is 0.481 e. The second kappa shape index (κ2) is 4.86. The smallest absolute Gasteiger partial charge is 0.169 e. The lowest BCUT2D eigenvalue weighted by molar-refractivity contribution is -0.122. The molecule has 0 aromatic heterocycles. The Labute approximate surface area is 99.1 Å². The van der Waals surface area contributed by atoms with Gasteiger partial charge in [-0.1, -0.05) is 23.2 Å². The predicted octanol–water partition coefficient (Wildman–Crippen LogP) is 3.66. The molecule has 1 aromatic rings. The van der Waals surface area contributed by atoms with Crippen LogP contribution in [-0.4, -0.2) is 11.9 Å². The minimum Gasteiger partial charge on any atom is -0.481 e. The van der Waals surface area contributed by atoms with Crippen LogP contribution in [0.4, 0.5) is 0 Å². The molecular formula is C11H12Cl2O2. The van der Waals surface area contributed by atoms with E-state index >= 15 is 0 Å². The van der Waals surface area contributed by atoms with Gasteiger partial charge in [-0.25, -0.2) is 0 Å². The molecule has 0 radical (unpaired) electrons. The third-order valence-electron chi connectivity index (χ3n) is 2.09. The van der Waals surface area contributed by atoms with Crippen LogP contribution in [0.1, 0.15) is 19.4 Å². The normalized spacial score (nSPS) is 12.3. The molecule has 0 bridgehead atoms. The molecule has 0 aliphatic heterocycles. The van der Waals surface area contributed by atoms with E-state index in [9.17, 15) is 4.79 Å². The van der Waals surface area contributed by atoms with E-state index in [-0.39, 0.29) is 5.78 Å². The molecule has 0 saturated heterocycles. The number of rotatable bonds is 3. The molecule has 0 heterocycles. The third-order valence-corrected chi connectivity index (χ3v) is 2.79. The third kappa shape index (κ3) is 3.11. The molecule has 1 unspecified atom stereocenters. The molecule has 1 aromatic carbocycles. The van der Waals surface area contributed by atoms with Gasteiger partial charge in [0.05, 0.1) is 5.02 Å². The standard InChI is InChI=1S/C11H12Cl2O2/c1-6-4-11(10(13)5-9(6)12)15-8(3)7(2)14/h4-5,8H,1-3H3. The van der Waals surface area contributed by atoms with Crippen molar-refractivity contribution in [3.8, 4) is 5.75 Å². The Kier molecular flexibility index (Phi) is 4.00. The van der Waals surface area contributed by atoms with Crippen LogP contribution in [0.2, 0.25) is 10.0 Å². The summed E-state index contributed by atoms with van der Waals surface area (Å²) in [6, 6.07) is 3.34. The Hall–Kier alpha value is -0.730. The van der Waals surface area contributed by atoms with Gasteiger partial charge in [-0.15, -0.1) is 0 Å². The Morgan fingerprint density at radius 1 is 1.33 bits per heavy atom. The van der Waals surface area contributed by atoms with Gasteiger partial charge < -0.3 is 4.74 Å². The zero-order valence-electron chi connectivity index (χ0n) is 8.80. The Morgan fingerprint density at radius 3 is 2.47 bits per heavy atom. The molecule has 0 spiro atoms. The first-order valence-electron chi connectivity index (χ1n) is 4.54. The summed E-state index contributed by atoms with van der Waals surface area (Å²) in [5.41, 5.74) is 0.867. The monoisotopic (exact) mass is 246 g/mol. The SMILES string of the molecule is CC(=O)C(C)Oc1cc(C)c(Cl)cc1Cl. The fourth-order valence-corrected chi connectivity index (χ4v) is 1.42. The molecule has 15 heavy (non-hydrogen) atoms. The van der Waals surface area contributed by atoms with E-state index < -0.39 is 6.10 Å². The first-order chi connectivity index (χ1) is 6.91. The van der Waals surface area contributed by atoms with Gasteiger partial charge in [-0.3, -0.25) is 4.79 Å². The second-order valence-corrected chi connectivity index (χ2v) is 4.22. The first-order valence-corrected chi connectivity index (χ1v) is 5.30. The van der Waals surface area contributed by atoms with Gasteiger partial charge in [-0.2, -0.15) is 0 Å². The summed E-state index contributed by atoms with van der Waals surface area (Å²) in [6.07, 6.45) is -0.497. The highest BCUT2D eigenvalue weighted by Gasteiger charge is 2.12. The number of halogens is 2. The Bertz CT molecular complexity index is 388. The van der Waals surface area contributed by atoms with E-state index in [4.69, 9.17) is 27.9 Å². The lowest BCUT2D eigenvalue weighted by Crippen LogP contribution is -2.20. The van der Waals surface area contributed by atoms with Crippen LogP contribution in [0, 0.1) is 6.92 Å². The van der Waals surface area contributed by atoms with Gasteiger partial charge in [-0.05, 0) is 38.5 Å². The van der Waals surface area contributed by atoms with Crippen molar-refractivity contribution >= 4 is 29.0 Å². The number of ketones is 1. The summed E-state index contributed by atoms with van der Waals surface area (Å²) in [6.45, 7) is 5.01. The van der Waals surface area contributed by atoms with Crippen LogP contribution in [0.25, 0.3) is 0 Å². The lowest BCUT2D eigenvalue weighted by atomic mass is 10.2. The summed E-state index contributed by atoms with van der Waals surface area (Å²) in [7, 11) is 0. The second-order valence-electron chi connectivity index (χ2n) is 3.40. The van der Waals surface area contributed by atoms with Gasteiger partial charge in [0.1, 0.15) is 5.75 Å². The maximum atomic E-state index is 11.0. The minimum atomic E-state index is -0.497. The molecule has 0 N–H and O–H groups in total. The summed E-state index contributed by atoms with van der Waals surface area (Å²) < 4.78 is 5.40. The number of hydrogen-bond acceptors (Lipinski definition) is 2. The first kappa shape index (κ1) is 12.3. The van der Waals surface area contributed by atoms with E-state index in [0.29, 0.717) is 15.8 Å². The fourth-order valence-electron chi connectivity index (χ4n) is 0.994. The molecule has 0 saturated carbocycles. The highest BCUT2D eigenvalue weighted by molar-refractivity contribution is 6.36. The molecule has 0 aliphatic rings. The molecule has 1 rings (SSSR count). The van der Waals surface area contributed by atoms with Crippen LogP contribution in [0.3, 0.4) is 0 Å². The topological polar surface area (TPSA) is 26.3 Å². The van der Waals surface area contributed by atoms with Crippen LogP contribution in [0.15, 0.2) is 12.1 Å². The van der Waals surface area contributed by atoms with Crippen molar-refractivity contribution in [3.05, 3.63) is 27.7 Å². The van der Waals surface area contributed by atoms with Gasteiger partial charge in [0.2, 0.25) is 0 Å². The van der Waals surface area contributed by atoms with E-state index in [1.165, 1.54) is 6.92 Å².